The first-order valence-electron chi connectivity index (χ1n) is 9.25. The van der Waals surface area contributed by atoms with E-state index in [0.29, 0.717) is 38.2 Å². The van der Waals surface area contributed by atoms with E-state index >= 15 is 0 Å². The SMILES string of the molecule is CC1(C)[C@H](C(=O)O)[C@@H]1C(=O)N1CCCN(C(=O)Cc2cccc(F)c2)CC1. The Balaban J connectivity index is 1.58. The molecule has 1 saturated heterocycles. The first-order valence-corrected chi connectivity index (χ1v) is 9.25. The lowest BCUT2D eigenvalue weighted by Gasteiger charge is -2.23. The molecule has 0 unspecified atom stereocenters. The highest BCUT2D eigenvalue weighted by Gasteiger charge is 2.66. The molecule has 0 bridgehead atoms. The number of nitrogens with zero attached hydrogens (tertiary/aromatic N) is 2. The zero-order valence-electron chi connectivity index (χ0n) is 15.7. The van der Waals surface area contributed by atoms with Crippen LogP contribution in [-0.2, 0) is 20.8 Å². The summed E-state index contributed by atoms with van der Waals surface area (Å²) in [5, 5.41) is 9.29. The van der Waals surface area contributed by atoms with Gasteiger partial charge >= 0.3 is 5.97 Å². The number of hydrogen-bond acceptors (Lipinski definition) is 3. The lowest BCUT2D eigenvalue weighted by atomic mass is 10.1. The standard InChI is InChI=1S/C20H25FN2O4/c1-20(2)16(17(20)19(26)27)18(25)23-8-4-7-22(9-10-23)15(24)12-13-5-3-6-14(21)11-13/h3,5-6,11,16-17H,4,7-10,12H2,1-2H3,(H,26,27)/t16-,17+/m1/s1. The lowest BCUT2D eigenvalue weighted by molar-refractivity contribution is -0.142. The number of amides is 2. The Hall–Kier alpha value is -2.44. The van der Waals surface area contributed by atoms with Gasteiger partial charge in [-0.15, -0.1) is 0 Å². The molecule has 1 heterocycles. The van der Waals surface area contributed by atoms with Crippen molar-refractivity contribution >= 4 is 17.8 Å². The molecule has 3 rings (SSSR count). The third-order valence-electron chi connectivity index (χ3n) is 5.76. The molecule has 1 aromatic rings. The molecule has 146 valence electrons. The fourth-order valence-electron chi connectivity index (χ4n) is 4.08. The first-order chi connectivity index (χ1) is 12.7. The summed E-state index contributed by atoms with van der Waals surface area (Å²) in [6, 6.07) is 5.99. The van der Waals surface area contributed by atoms with Gasteiger partial charge in [0.2, 0.25) is 11.8 Å². The Kier molecular flexibility index (Phi) is 5.22. The fourth-order valence-corrected chi connectivity index (χ4v) is 4.08. The number of carbonyl (C=O) groups is 3. The molecule has 0 aromatic heterocycles. The molecule has 1 saturated carbocycles. The molecule has 2 amide bonds. The summed E-state index contributed by atoms with van der Waals surface area (Å²) in [7, 11) is 0. The molecule has 1 N–H and O–H groups in total. The maximum absolute atomic E-state index is 13.3. The molecule has 27 heavy (non-hydrogen) atoms. The number of benzene rings is 1. The normalized spacial score (nSPS) is 24.3. The second-order valence-corrected chi connectivity index (χ2v) is 7.98. The molecular weight excluding hydrogens is 351 g/mol. The van der Waals surface area contributed by atoms with Gasteiger partial charge in [0.1, 0.15) is 5.82 Å². The molecule has 1 aromatic carbocycles. The number of carbonyl (C=O) groups excluding carboxylic acids is 2. The zero-order valence-corrected chi connectivity index (χ0v) is 15.7. The Labute approximate surface area is 157 Å². The Morgan fingerprint density at radius 2 is 1.78 bits per heavy atom. The van der Waals surface area contributed by atoms with Crippen LogP contribution in [0.1, 0.15) is 25.8 Å². The van der Waals surface area contributed by atoms with Gasteiger partial charge in [-0.05, 0) is 29.5 Å². The summed E-state index contributed by atoms with van der Waals surface area (Å²) >= 11 is 0. The highest BCUT2D eigenvalue weighted by Crippen LogP contribution is 2.59. The Bertz CT molecular complexity index is 764. The zero-order chi connectivity index (χ0) is 19.8. The molecule has 2 fully saturated rings. The van der Waals surface area contributed by atoms with E-state index in [1.165, 1.54) is 12.1 Å². The van der Waals surface area contributed by atoms with Crippen molar-refractivity contribution in [2.45, 2.75) is 26.7 Å². The van der Waals surface area contributed by atoms with Crippen LogP contribution >= 0.6 is 0 Å². The maximum atomic E-state index is 13.3. The number of carboxylic acids is 1. The number of aliphatic carboxylic acids is 1. The van der Waals surface area contributed by atoms with E-state index in [1.807, 2.05) is 0 Å². The predicted octanol–water partition coefficient (Wildman–Crippen LogP) is 1.79. The van der Waals surface area contributed by atoms with Crippen LogP contribution < -0.4 is 0 Å². The predicted molar refractivity (Wildman–Crippen MR) is 96.3 cm³/mol. The molecular formula is C20H25FN2O4. The number of halogens is 1. The van der Waals surface area contributed by atoms with Crippen molar-refractivity contribution in [3.63, 3.8) is 0 Å². The van der Waals surface area contributed by atoms with Gasteiger partial charge in [0.25, 0.3) is 0 Å². The second kappa shape index (κ2) is 7.29. The summed E-state index contributed by atoms with van der Waals surface area (Å²) in [5.41, 5.74) is 0.100. The molecule has 6 nitrogen and oxygen atoms in total. The van der Waals surface area contributed by atoms with Crippen LogP contribution in [0.15, 0.2) is 24.3 Å². The topological polar surface area (TPSA) is 77.9 Å². The van der Waals surface area contributed by atoms with E-state index < -0.39 is 23.2 Å². The van der Waals surface area contributed by atoms with E-state index in [2.05, 4.69) is 0 Å². The van der Waals surface area contributed by atoms with Crippen molar-refractivity contribution in [1.29, 1.82) is 0 Å². The van der Waals surface area contributed by atoms with E-state index in [1.54, 1.807) is 35.8 Å². The van der Waals surface area contributed by atoms with Crippen LogP contribution in [-0.4, -0.2) is 58.9 Å². The van der Waals surface area contributed by atoms with Crippen molar-refractivity contribution < 1.29 is 23.9 Å². The van der Waals surface area contributed by atoms with Crippen molar-refractivity contribution in [2.75, 3.05) is 26.2 Å². The number of hydrogen-bond donors (Lipinski definition) is 1. The van der Waals surface area contributed by atoms with Crippen LogP contribution in [0.25, 0.3) is 0 Å². The minimum Gasteiger partial charge on any atom is -0.481 e. The Morgan fingerprint density at radius 3 is 2.41 bits per heavy atom. The summed E-state index contributed by atoms with van der Waals surface area (Å²) in [6.07, 6.45) is 0.772. The minimum atomic E-state index is -0.930. The largest absolute Gasteiger partial charge is 0.481 e. The average molecular weight is 376 g/mol. The van der Waals surface area contributed by atoms with Crippen LogP contribution in [0.4, 0.5) is 4.39 Å². The van der Waals surface area contributed by atoms with Crippen LogP contribution in [0.2, 0.25) is 0 Å². The molecule has 1 aliphatic heterocycles. The molecule has 0 radical (unpaired) electrons. The van der Waals surface area contributed by atoms with Gasteiger partial charge in [0.15, 0.2) is 0 Å². The van der Waals surface area contributed by atoms with Gasteiger partial charge in [-0.1, -0.05) is 26.0 Å². The van der Waals surface area contributed by atoms with Gasteiger partial charge in [-0.25, -0.2) is 4.39 Å². The highest BCUT2D eigenvalue weighted by atomic mass is 19.1. The fraction of sp³-hybridized carbons (Fsp3) is 0.550. The number of carboxylic acid groups (broad SMARTS) is 1. The van der Waals surface area contributed by atoms with Gasteiger partial charge in [-0.3, -0.25) is 14.4 Å². The summed E-state index contributed by atoms with van der Waals surface area (Å²) < 4.78 is 13.3. The maximum Gasteiger partial charge on any atom is 0.307 e. The van der Waals surface area contributed by atoms with E-state index in [9.17, 15) is 23.9 Å². The van der Waals surface area contributed by atoms with Gasteiger partial charge in [0.05, 0.1) is 18.3 Å². The van der Waals surface area contributed by atoms with Gasteiger partial charge < -0.3 is 14.9 Å². The molecule has 7 heteroatoms. The summed E-state index contributed by atoms with van der Waals surface area (Å²) in [6.45, 7) is 5.47. The average Bonchev–Trinajstić information content (AvgIpc) is 3.25. The van der Waals surface area contributed by atoms with Crippen molar-refractivity contribution in [1.82, 2.24) is 9.80 Å². The smallest absolute Gasteiger partial charge is 0.307 e. The monoisotopic (exact) mass is 376 g/mol. The van der Waals surface area contributed by atoms with E-state index in [-0.39, 0.29) is 24.1 Å². The van der Waals surface area contributed by atoms with Crippen LogP contribution in [0.5, 0.6) is 0 Å². The second-order valence-electron chi connectivity index (χ2n) is 7.98. The summed E-state index contributed by atoms with van der Waals surface area (Å²) in [5.74, 6) is -2.66. The third kappa shape index (κ3) is 3.96. The van der Waals surface area contributed by atoms with Crippen molar-refractivity contribution in [3.05, 3.63) is 35.6 Å². The van der Waals surface area contributed by atoms with Gasteiger partial charge in [-0.2, -0.15) is 0 Å². The van der Waals surface area contributed by atoms with Crippen molar-refractivity contribution in [3.8, 4) is 0 Å². The minimum absolute atomic E-state index is 0.0925. The van der Waals surface area contributed by atoms with E-state index in [0.717, 1.165) is 0 Å². The van der Waals surface area contributed by atoms with Crippen molar-refractivity contribution in [2.24, 2.45) is 17.3 Å². The molecule has 0 spiro atoms. The number of rotatable bonds is 4. The van der Waals surface area contributed by atoms with Crippen LogP contribution in [0.3, 0.4) is 0 Å². The van der Waals surface area contributed by atoms with E-state index in [4.69, 9.17) is 0 Å². The quantitative estimate of drug-likeness (QED) is 0.869. The summed E-state index contributed by atoms with van der Waals surface area (Å²) in [4.78, 5) is 40.0. The van der Waals surface area contributed by atoms with Crippen LogP contribution in [0, 0.1) is 23.1 Å². The first kappa shape index (κ1) is 19.3. The molecule has 2 atom stereocenters. The molecule has 2 aliphatic rings. The third-order valence-corrected chi connectivity index (χ3v) is 5.76. The van der Waals surface area contributed by atoms with Gasteiger partial charge in [0, 0.05) is 26.2 Å². The Morgan fingerprint density at radius 1 is 1.11 bits per heavy atom. The lowest BCUT2D eigenvalue weighted by Crippen LogP contribution is -2.39. The highest BCUT2D eigenvalue weighted by molar-refractivity contribution is 5.91. The molecule has 1 aliphatic carbocycles.